The van der Waals surface area contributed by atoms with Crippen molar-refractivity contribution in [3.05, 3.63) is 65.2 Å². The molecule has 1 amide bonds. The van der Waals surface area contributed by atoms with Crippen LogP contribution in [0.3, 0.4) is 0 Å². The van der Waals surface area contributed by atoms with Crippen molar-refractivity contribution in [2.24, 2.45) is 5.92 Å². The Balaban J connectivity index is 1.72. The van der Waals surface area contributed by atoms with Crippen LogP contribution in [0.25, 0.3) is 0 Å². The van der Waals surface area contributed by atoms with E-state index in [2.05, 4.69) is 12.1 Å². The maximum Gasteiger partial charge on any atom is 0.253 e. The van der Waals surface area contributed by atoms with Crippen LogP contribution in [0, 0.1) is 12.8 Å². The van der Waals surface area contributed by atoms with Crippen LogP contribution in [0.4, 0.5) is 0 Å². The Hall–Kier alpha value is -2.33. The highest BCUT2D eigenvalue weighted by atomic mass is 16.5. The fraction of sp³-hybridized carbons (Fsp3) is 0.409. The molecular weight excluding hydrogens is 326 g/mol. The van der Waals surface area contributed by atoms with Crippen molar-refractivity contribution in [1.29, 1.82) is 0 Å². The van der Waals surface area contributed by atoms with Gasteiger partial charge < -0.3 is 14.4 Å². The Morgan fingerprint density at radius 3 is 2.58 bits per heavy atom. The van der Waals surface area contributed by atoms with Crippen LogP contribution in [-0.2, 0) is 11.2 Å². The molecule has 2 aromatic rings. The number of rotatable bonds is 5. The molecule has 0 bridgehead atoms. The van der Waals surface area contributed by atoms with E-state index in [1.807, 2.05) is 48.2 Å². The Morgan fingerprint density at radius 2 is 1.92 bits per heavy atom. The van der Waals surface area contributed by atoms with Crippen LogP contribution in [0.5, 0.6) is 5.75 Å². The molecule has 0 saturated carbocycles. The molecule has 26 heavy (non-hydrogen) atoms. The van der Waals surface area contributed by atoms with Gasteiger partial charge in [-0.1, -0.05) is 29.8 Å². The normalized spacial score (nSPS) is 20.0. The van der Waals surface area contributed by atoms with Crippen molar-refractivity contribution >= 4 is 5.91 Å². The second kappa shape index (κ2) is 8.37. The Bertz CT molecular complexity index is 741. The number of nitrogens with zero attached hydrogens (tertiary/aromatic N) is 1. The molecule has 3 rings (SSSR count). The Morgan fingerprint density at radius 1 is 1.15 bits per heavy atom. The third kappa shape index (κ3) is 4.25. The van der Waals surface area contributed by atoms with E-state index in [0.717, 1.165) is 42.8 Å². The van der Waals surface area contributed by atoms with Gasteiger partial charge in [0.1, 0.15) is 5.75 Å². The first-order valence-electron chi connectivity index (χ1n) is 9.12. The lowest BCUT2D eigenvalue weighted by Crippen LogP contribution is -2.47. The molecule has 138 valence electrons. The zero-order valence-electron chi connectivity index (χ0n) is 15.8. The lowest BCUT2D eigenvalue weighted by Gasteiger charge is -2.38. The van der Waals surface area contributed by atoms with Crippen molar-refractivity contribution in [3.63, 3.8) is 0 Å². The van der Waals surface area contributed by atoms with E-state index >= 15 is 0 Å². The first kappa shape index (κ1) is 18.5. The van der Waals surface area contributed by atoms with Gasteiger partial charge in [-0.2, -0.15) is 0 Å². The summed E-state index contributed by atoms with van der Waals surface area (Å²) in [5.41, 5.74) is 3.11. The lowest BCUT2D eigenvalue weighted by atomic mass is 9.88. The molecule has 0 N–H and O–H groups in total. The molecule has 4 nitrogen and oxygen atoms in total. The van der Waals surface area contributed by atoms with Crippen LogP contribution in [0.15, 0.2) is 48.5 Å². The molecule has 0 spiro atoms. The SMILES string of the molecule is COc1ccc(C[C@@H]2CN(C(=O)c3cccc(C)c3)CC[C@H]2OC)cc1. The van der Waals surface area contributed by atoms with E-state index in [9.17, 15) is 4.79 Å². The Labute approximate surface area is 155 Å². The molecule has 1 heterocycles. The zero-order chi connectivity index (χ0) is 18.5. The molecule has 4 heteroatoms. The van der Waals surface area contributed by atoms with Crippen LogP contribution in [0.2, 0.25) is 0 Å². The van der Waals surface area contributed by atoms with E-state index in [-0.39, 0.29) is 17.9 Å². The number of carbonyl (C=O) groups excluding carboxylic acids is 1. The number of amides is 1. The summed E-state index contributed by atoms with van der Waals surface area (Å²) in [6.45, 7) is 3.47. The van der Waals surface area contributed by atoms with Crippen molar-refractivity contribution in [1.82, 2.24) is 4.90 Å². The van der Waals surface area contributed by atoms with Crippen molar-refractivity contribution in [3.8, 4) is 5.75 Å². The highest BCUT2D eigenvalue weighted by molar-refractivity contribution is 5.94. The third-order valence-electron chi connectivity index (χ3n) is 5.18. The molecular formula is C22H27NO3. The standard InChI is InChI=1S/C22H27NO3/c1-16-5-4-6-18(13-16)22(24)23-12-11-21(26-3)19(15-23)14-17-7-9-20(25-2)10-8-17/h4-10,13,19,21H,11-12,14-15H2,1-3H3/t19-,21-/m1/s1. The summed E-state index contributed by atoms with van der Waals surface area (Å²) >= 11 is 0. The number of ether oxygens (including phenoxy) is 2. The lowest BCUT2D eigenvalue weighted by molar-refractivity contribution is -0.00299. The van der Waals surface area contributed by atoms with Gasteiger partial charge in [-0.05, 0) is 49.6 Å². The summed E-state index contributed by atoms with van der Waals surface area (Å²) < 4.78 is 10.9. The van der Waals surface area contributed by atoms with Gasteiger partial charge in [0.25, 0.3) is 5.91 Å². The van der Waals surface area contributed by atoms with E-state index in [1.54, 1.807) is 14.2 Å². The number of methoxy groups -OCH3 is 2. The molecule has 1 saturated heterocycles. The van der Waals surface area contributed by atoms with Gasteiger partial charge in [0, 0.05) is 31.7 Å². The minimum absolute atomic E-state index is 0.114. The number of likely N-dealkylation sites (tertiary alicyclic amines) is 1. The van der Waals surface area contributed by atoms with Gasteiger partial charge in [0.2, 0.25) is 0 Å². The second-order valence-electron chi connectivity index (χ2n) is 7.00. The maximum absolute atomic E-state index is 12.9. The molecule has 1 fully saturated rings. The minimum Gasteiger partial charge on any atom is -0.497 e. The van der Waals surface area contributed by atoms with Crippen molar-refractivity contribution in [2.45, 2.75) is 25.9 Å². The molecule has 2 atom stereocenters. The molecule has 1 aliphatic rings. The van der Waals surface area contributed by atoms with Crippen LogP contribution in [-0.4, -0.2) is 44.2 Å². The summed E-state index contributed by atoms with van der Waals surface area (Å²) in [5.74, 6) is 1.26. The minimum atomic E-state index is 0.114. The molecule has 0 aliphatic carbocycles. The summed E-state index contributed by atoms with van der Waals surface area (Å²) in [5, 5.41) is 0. The van der Waals surface area contributed by atoms with Crippen molar-refractivity contribution in [2.75, 3.05) is 27.3 Å². The predicted molar refractivity (Wildman–Crippen MR) is 103 cm³/mol. The summed E-state index contributed by atoms with van der Waals surface area (Å²) in [4.78, 5) is 14.9. The number of carbonyl (C=O) groups is 1. The van der Waals surface area contributed by atoms with Gasteiger partial charge in [0.05, 0.1) is 13.2 Å². The van der Waals surface area contributed by atoms with Gasteiger partial charge >= 0.3 is 0 Å². The zero-order valence-corrected chi connectivity index (χ0v) is 15.8. The van der Waals surface area contributed by atoms with E-state index in [1.165, 1.54) is 5.56 Å². The van der Waals surface area contributed by atoms with Crippen LogP contribution < -0.4 is 4.74 Å². The van der Waals surface area contributed by atoms with Gasteiger partial charge in [-0.3, -0.25) is 4.79 Å². The number of aryl methyl sites for hydroxylation is 1. The van der Waals surface area contributed by atoms with Crippen molar-refractivity contribution < 1.29 is 14.3 Å². The fourth-order valence-electron chi connectivity index (χ4n) is 3.73. The fourth-order valence-corrected chi connectivity index (χ4v) is 3.73. The highest BCUT2D eigenvalue weighted by Crippen LogP contribution is 2.26. The first-order valence-corrected chi connectivity index (χ1v) is 9.12. The van der Waals surface area contributed by atoms with Gasteiger partial charge in [-0.15, -0.1) is 0 Å². The first-order chi connectivity index (χ1) is 12.6. The second-order valence-corrected chi connectivity index (χ2v) is 7.00. The quantitative estimate of drug-likeness (QED) is 0.822. The monoisotopic (exact) mass is 353 g/mol. The third-order valence-corrected chi connectivity index (χ3v) is 5.18. The summed E-state index contributed by atoms with van der Waals surface area (Å²) in [7, 11) is 3.44. The van der Waals surface area contributed by atoms with E-state index in [4.69, 9.17) is 9.47 Å². The van der Waals surface area contributed by atoms with E-state index in [0.29, 0.717) is 0 Å². The topological polar surface area (TPSA) is 38.8 Å². The molecule has 0 unspecified atom stereocenters. The van der Waals surface area contributed by atoms with Crippen LogP contribution >= 0.6 is 0 Å². The predicted octanol–water partition coefficient (Wildman–Crippen LogP) is 3.72. The van der Waals surface area contributed by atoms with E-state index < -0.39 is 0 Å². The summed E-state index contributed by atoms with van der Waals surface area (Å²) in [6, 6.07) is 16.0. The number of benzene rings is 2. The van der Waals surface area contributed by atoms with Crippen LogP contribution in [0.1, 0.15) is 27.9 Å². The van der Waals surface area contributed by atoms with Gasteiger partial charge in [0.15, 0.2) is 0 Å². The molecule has 1 aliphatic heterocycles. The average molecular weight is 353 g/mol. The summed E-state index contributed by atoms with van der Waals surface area (Å²) in [6.07, 6.45) is 1.94. The number of piperidine rings is 1. The largest absolute Gasteiger partial charge is 0.497 e. The molecule has 0 aromatic heterocycles. The number of hydrogen-bond donors (Lipinski definition) is 0. The average Bonchev–Trinajstić information content (AvgIpc) is 2.68. The number of hydrogen-bond acceptors (Lipinski definition) is 3. The highest BCUT2D eigenvalue weighted by Gasteiger charge is 2.32. The maximum atomic E-state index is 12.9. The molecule has 0 radical (unpaired) electrons. The Kier molecular flexibility index (Phi) is 5.94. The molecule has 2 aromatic carbocycles. The van der Waals surface area contributed by atoms with Gasteiger partial charge in [-0.25, -0.2) is 0 Å². The smallest absolute Gasteiger partial charge is 0.253 e.